The van der Waals surface area contributed by atoms with Crippen molar-refractivity contribution in [2.45, 2.75) is 0 Å². The fourth-order valence-electron chi connectivity index (χ4n) is 19.8. The van der Waals surface area contributed by atoms with E-state index in [4.69, 9.17) is 19.9 Å². The van der Waals surface area contributed by atoms with Crippen LogP contribution in [0.15, 0.2) is 376 Å². The molecule has 0 aliphatic carbocycles. The summed E-state index contributed by atoms with van der Waals surface area (Å²) in [6.45, 7) is 0. The van der Waals surface area contributed by atoms with Gasteiger partial charge in [-0.15, -0.1) is 0 Å². The Hall–Kier alpha value is -15.9. The lowest BCUT2D eigenvalue weighted by Crippen LogP contribution is -2.11. The Morgan fingerprint density at radius 2 is 0.276 bits per heavy atom. The molecule has 0 aliphatic heterocycles. The van der Waals surface area contributed by atoms with Crippen LogP contribution >= 0.6 is 0 Å². The molecule has 16 aromatic carbocycles. The van der Waals surface area contributed by atoms with Gasteiger partial charge in [-0.1, -0.05) is 267 Å². The van der Waals surface area contributed by atoms with Crippen LogP contribution in [0.2, 0.25) is 0 Å². The Morgan fingerprint density at radius 1 is 0.129 bits per heavy atom. The fourth-order valence-corrected chi connectivity index (χ4v) is 19.8. The summed E-state index contributed by atoms with van der Waals surface area (Å²) in [5.74, 6) is 3.14. The topological polar surface area (TPSA) is 91.0 Å². The summed E-state index contributed by atoms with van der Waals surface area (Å²) in [6, 6.07) is 136. The summed E-state index contributed by atoms with van der Waals surface area (Å²) >= 11 is 0. The van der Waals surface area contributed by atoms with Crippen molar-refractivity contribution in [2.24, 2.45) is 0 Å². The first-order valence-corrected chi connectivity index (χ1v) is 39.5. The lowest BCUT2D eigenvalue weighted by atomic mass is 10.1. The van der Waals surface area contributed by atoms with Gasteiger partial charge in [0.05, 0.1) is 88.3 Å². The predicted molar refractivity (Wildman–Crippen MR) is 478 cm³/mol. The molecule has 0 amide bonds. The molecule has 0 atom stereocenters. The molecule has 10 heterocycles. The maximum Gasteiger partial charge on any atom is 0.201 e. The van der Waals surface area contributed by atoms with Crippen LogP contribution in [0.3, 0.4) is 0 Å². The van der Waals surface area contributed by atoms with Crippen LogP contribution in [-0.2, 0) is 0 Å². The van der Waals surface area contributed by atoms with Crippen LogP contribution in [0.4, 0.5) is 0 Å². The first-order valence-electron chi connectivity index (χ1n) is 39.5. The maximum absolute atomic E-state index is 6.17. The van der Waals surface area contributed by atoms with Gasteiger partial charge in [-0.2, -0.15) is 0 Å². The fraction of sp³-hybridized carbons (Fsp3) is 0. The lowest BCUT2D eigenvalue weighted by molar-refractivity contribution is 0.945. The highest BCUT2D eigenvalue weighted by atomic mass is 15.2. The Labute approximate surface area is 660 Å². The molecule has 0 unspecified atom stereocenters. The van der Waals surface area contributed by atoms with Crippen molar-refractivity contribution in [3.8, 4) is 57.7 Å². The standard InChI is InChI=1S/C104H62N12/c1-5-29-63(30-6-1)109-83-45-21-13-37-67(83)75-53-57-79-71-41-17-25-49-87(71)113(99(79)95(75)109)91-61-92(114-88-50-26-18-42-72(88)80-58-54-76-68-38-14-22-46-84(68)110(96(76)100(80)114)64-31-7-2-8-32-64)106-103(105-91)104-107-93(115-89-51-27-19-43-73(89)81-59-55-77-69-39-15-23-47-85(69)111(97(77)101(81)115)65-33-9-3-10-34-65)62-94(108-104)116-90-52-28-20-44-74(90)82-60-56-78-70-40-16-24-48-86(70)112(98(78)102(82)116)66-35-11-4-12-36-66/h1-62H. The number of rotatable bonds is 9. The second-order valence-corrected chi connectivity index (χ2v) is 30.4. The number of aromatic nitrogens is 12. The third-order valence-corrected chi connectivity index (χ3v) is 24.4. The van der Waals surface area contributed by atoms with Gasteiger partial charge in [0.25, 0.3) is 0 Å². The van der Waals surface area contributed by atoms with Gasteiger partial charge in [0.15, 0.2) is 0 Å². The summed E-state index contributed by atoms with van der Waals surface area (Å²) in [5, 5.41) is 17.7. The van der Waals surface area contributed by atoms with E-state index in [-0.39, 0.29) is 0 Å². The molecule has 0 aliphatic rings. The summed E-state index contributed by atoms with van der Waals surface area (Å²) < 4.78 is 19.3. The maximum atomic E-state index is 6.17. The van der Waals surface area contributed by atoms with Gasteiger partial charge in [0.1, 0.15) is 23.3 Å². The van der Waals surface area contributed by atoms with Gasteiger partial charge in [-0.25, -0.2) is 19.9 Å². The predicted octanol–water partition coefficient (Wildman–Crippen LogP) is 25.7. The first kappa shape index (κ1) is 62.8. The van der Waals surface area contributed by atoms with E-state index in [0.717, 1.165) is 197 Å². The largest absolute Gasteiger partial charge is 0.307 e. The third kappa shape index (κ3) is 8.59. The van der Waals surface area contributed by atoms with Crippen LogP contribution in [0, 0.1) is 0 Å². The van der Waals surface area contributed by atoms with Crippen LogP contribution in [0.5, 0.6) is 0 Å². The zero-order valence-corrected chi connectivity index (χ0v) is 62.2. The van der Waals surface area contributed by atoms with Crippen LogP contribution in [-0.4, -0.2) is 56.5 Å². The monoisotopic (exact) mass is 1480 g/mol. The van der Waals surface area contributed by atoms with E-state index in [1.54, 1.807) is 0 Å². The van der Waals surface area contributed by atoms with Gasteiger partial charge in [0.2, 0.25) is 11.6 Å². The SMILES string of the molecule is c1ccc(-n2c3ccccc3c3ccc4c5ccccc5n(-c5cc(-n6c7ccccc7c7ccc8c9ccccc9n(-c9ccccc9)c8c76)nc(-c6nc(-n7c8ccccc8c8ccc9c%10ccccc%10n(-c%10ccccc%10)c9c87)cc(-n7c8ccccc8c8ccc9c%10ccccc%10n(-c%10ccccc%10)c9c87)n6)n5)c4c32)cc1. The average molecular weight is 1480 g/mol. The third-order valence-electron chi connectivity index (χ3n) is 24.4. The van der Waals surface area contributed by atoms with Crippen molar-refractivity contribution >= 4 is 174 Å². The molecule has 538 valence electrons. The molecule has 12 nitrogen and oxygen atoms in total. The second kappa shape index (κ2) is 23.8. The molecule has 0 saturated carbocycles. The summed E-state index contributed by atoms with van der Waals surface area (Å²) in [4.78, 5) is 24.7. The van der Waals surface area contributed by atoms with Crippen LogP contribution in [0.25, 0.3) is 232 Å². The Kier molecular flexibility index (Phi) is 12.9. The average Bonchev–Trinajstić information content (AvgIpc) is 1.54. The minimum atomic E-state index is 0.317. The van der Waals surface area contributed by atoms with Crippen molar-refractivity contribution < 1.29 is 0 Å². The van der Waals surface area contributed by atoms with Crippen molar-refractivity contribution in [2.75, 3.05) is 0 Å². The summed E-state index contributed by atoms with van der Waals surface area (Å²) in [5.41, 5.74) is 20.7. The zero-order chi connectivity index (χ0) is 75.5. The van der Waals surface area contributed by atoms with Gasteiger partial charge >= 0.3 is 0 Å². The lowest BCUT2D eigenvalue weighted by Gasteiger charge is -2.17. The Bertz CT molecular complexity index is 7700. The Balaban J connectivity index is 0.868. The molecule has 26 aromatic rings. The molecular formula is C104H62N12. The molecular weight excluding hydrogens is 1420 g/mol. The van der Waals surface area contributed by atoms with E-state index >= 15 is 0 Å². The van der Waals surface area contributed by atoms with Crippen molar-refractivity contribution in [3.05, 3.63) is 376 Å². The summed E-state index contributed by atoms with van der Waals surface area (Å²) in [6.07, 6.45) is 0. The molecule has 0 bridgehead atoms. The van der Waals surface area contributed by atoms with E-state index in [1.807, 2.05) is 0 Å². The van der Waals surface area contributed by atoms with Gasteiger partial charge < -0.3 is 18.3 Å². The quantitative estimate of drug-likeness (QED) is 0.144. The Morgan fingerprint density at radius 3 is 0.457 bits per heavy atom. The van der Waals surface area contributed by atoms with Gasteiger partial charge in [-0.3, -0.25) is 18.3 Å². The number of benzene rings is 16. The van der Waals surface area contributed by atoms with E-state index in [9.17, 15) is 0 Å². The number of fused-ring (bicyclic) bond motifs is 28. The molecule has 0 fully saturated rings. The van der Waals surface area contributed by atoms with E-state index in [1.165, 1.54) is 0 Å². The number of hydrogen-bond donors (Lipinski definition) is 0. The molecule has 26 rings (SSSR count). The molecule has 116 heavy (non-hydrogen) atoms. The van der Waals surface area contributed by atoms with E-state index in [0.29, 0.717) is 34.9 Å². The van der Waals surface area contributed by atoms with Crippen LogP contribution in [0.1, 0.15) is 0 Å². The number of nitrogens with zero attached hydrogens (tertiary/aromatic N) is 12. The second-order valence-electron chi connectivity index (χ2n) is 30.4. The molecule has 0 radical (unpaired) electrons. The molecule has 0 spiro atoms. The minimum Gasteiger partial charge on any atom is -0.307 e. The molecule has 10 aromatic heterocycles. The van der Waals surface area contributed by atoms with Crippen molar-refractivity contribution in [1.29, 1.82) is 0 Å². The van der Waals surface area contributed by atoms with Crippen LogP contribution < -0.4 is 0 Å². The zero-order valence-electron chi connectivity index (χ0n) is 62.2. The molecule has 12 heteroatoms. The normalized spacial score (nSPS) is 12.3. The first-order chi connectivity index (χ1) is 57.6. The smallest absolute Gasteiger partial charge is 0.201 e. The van der Waals surface area contributed by atoms with Gasteiger partial charge in [0, 0.05) is 121 Å². The molecule has 0 N–H and O–H groups in total. The highest BCUT2D eigenvalue weighted by Crippen LogP contribution is 2.49. The van der Waals surface area contributed by atoms with E-state index < -0.39 is 0 Å². The van der Waals surface area contributed by atoms with Crippen molar-refractivity contribution in [1.82, 2.24) is 56.5 Å². The number of para-hydroxylation sites is 12. The summed E-state index contributed by atoms with van der Waals surface area (Å²) in [7, 11) is 0. The van der Waals surface area contributed by atoms with E-state index in [2.05, 4.69) is 413 Å². The number of hydrogen-bond acceptors (Lipinski definition) is 4. The minimum absolute atomic E-state index is 0.317. The highest BCUT2D eigenvalue weighted by Gasteiger charge is 2.31. The molecule has 0 saturated heterocycles. The van der Waals surface area contributed by atoms with Gasteiger partial charge in [-0.05, 0) is 97.1 Å². The highest BCUT2D eigenvalue weighted by molar-refractivity contribution is 6.28. The van der Waals surface area contributed by atoms with Crippen molar-refractivity contribution in [3.63, 3.8) is 0 Å².